The van der Waals surface area contributed by atoms with Crippen LogP contribution in [0.15, 0.2) is 73.1 Å². The molecule has 3 aromatic rings. The number of piperidine rings is 1. The van der Waals surface area contributed by atoms with Gasteiger partial charge in [0.1, 0.15) is 5.82 Å². The SMILES string of the molecule is CCNC(=O)C1(Cc2ccc(-c3ccccc3F)cc2)CCCN(C(=O)c2ccncc2)C1. The number of amides is 2. The quantitative estimate of drug-likeness (QED) is 0.608. The van der Waals surface area contributed by atoms with Crippen molar-refractivity contribution in [2.45, 2.75) is 26.2 Å². The summed E-state index contributed by atoms with van der Waals surface area (Å²) in [6.45, 7) is 3.41. The number of carbonyl (C=O) groups is 2. The first-order valence-electron chi connectivity index (χ1n) is 11.3. The number of halogens is 1. The predicted octanol–water partition coefficient (Wildman–Crippen LogP) is 4.49. The van der Waals surface area contributed by atoms with Gasteiger partial charge in [-0.3, -0.25) is 14.6 Å². The minimum Gasteiger partial charge on any atom is -0.356 e. The summed E-state index contributed by atoms with van der Waals surface area (Å²) in [6.07, 6.45) is 5.17. The zero-order chi connectivity index (χ0) is 23.3. The molecule has 2 aromatic carbocycles. The molecular formula is C27H28FN3O2. The number of carbonyl (C=O) groups excluding carboxylic acids is 2. The van der Waals surface area contributed by atoms with E-state index in [0.717, 1.165) is 17.5 Å². The molecule has 1 aromatic heterocycles. The van der Waals surface area contributed by atoms with Crippen molar-refractivity contribution in [3.8, 4) is 11.1 Å². The number of likely N-dealkylation sites (tertiary alicyclic amines) is 1. The van der Waals surface area contributed by atoms with Crippen molar-refractivity contribution in [3.63, 3.8) is 0 Å². The molecule has 1 saturated heterocycles. The van der Waals surface area contributed by atoms with Gasteiger partial charge < -0.3 is 10.2 Å². The Morgan fingerprint density at radius 1 is 1.06 bits per heavy atom. The molecule has 6 heteroatoms. The van der Waals surface area contributed by atoms with Gasteiger partial charge in [0.2, 0.25) is 5.91 Å². The number of nitrogens with zero attached hydrogens (tertiary/aromatic N) is 2. The van der Waals surface area contributed by atoms with Crippen molar-refractivity contribution in [3.05, 3.63) is 90.0 Å². The number of pyridine rings is 1. The Morgan fingerprint density at radius 2 is 1.79 bits per heavy atom. The highest BCUT2D eigenvalue weighted by Gasteiger charge is 2.43. The van der Waals surface area contributed by atoms with Gasteiger partial charge in [0.15, 0.2) is 0 Å². The van der Waals surface area contributed by atoms with E-state index in [1.807, 2.05) is 37.3 Å². The summed E-state index contributed by atoms with van der Waals surface area (Å²) < 4.78 is 14.2. The summed E-state index contributed by atoms with van der Waals surface area (Å²) in [5.41, 5.74) is 2.19. The zero-order valence-corrected chi connectivity index (χ0v) is 18.8. The Bertz CT molecular complexity index is 1120. The van der Waals surface area contributed by atoms with Crippen LogP contribution in [0.5, 0.6) is 0 Å². The fourth-order valence-corrected chi connectivity index (χ4v) is 4.63. The van der Waals surface area contributed by atoms with Gasteiger partial charge in [0, 0.05) is 43.2 Å². The summed E-state index contributed by atoms with van der Waals surface area (Å²) >= 11 is 0. The van der Waals surface area contributed by atoms with Gasteiger partial charge in [-0.1, -0.05) is 42.5 Å². The van der Waals surface area contributed by atoms with Crippen LogP contribution < -0.4 is 5.32 Å². The molecule has 2 amide bonds. The standard InChI is InChI=1S/C27H28FN3O2/c1-2-30-26(33)27(14-5-17-31(19-27)25(32)22-12-15-29-16-13-22)18-20-8-10-21(11-9-20)23-6-3-4-7-24(23)28/h3-4,6-13,15-16H,2,5,14,17-19H2,1H3,(H,30,33). The molecule has 1 aliphatic heterocycles. The third-order valence-corrected chi connectivity index (χ3v) is 6.29. The molecule has 1 atom stereocenters. The fourth-order valence-electron chi connectivity index (χ4n) is 4.63. The summed E-state index contributed by atoms with van der Waals surface area (Å²) in [5, 5.41) is 2.98. The molecule has 0 saturated carbocycles. The highest BCUT2D eigenvalue weighted by molar-refractivity contribution is 5.95. The lowest BCUT2D eigenvalue weighted by atomic mass is 9.74. The van der Waals surface area contributed by atoms with Gasteiger partial charge in [0.25, 0.3) is 5.91 Å². The molecule has 33 heavy (non-hydrogen) atoms. The molecule has 4 rings (SSSR count). The Morgan fingerprint density at radius 3 is 2.48 bits per heavy atom. The smallest absolute Gasteiger partial charge is 0.253 e. The molecule has 0 spiro atoms. The van der Waals surface area contributed by atoms with Crippen molar-refractivity contribution in [2.75, 3.05) is 19.6 Å². The van der Waals surface area contributed by atoms with Crippen LogP contribution in [0, 0.1) is 11.2 Å². The fraction of sp³-hybridized carbons (Fsp3) is 0.296. The molecular weight excluding hydrogens is 417 g/mol. The second-order valence-corrected chi connectivity index (χ2v) is 8.56. The van der Waals surface area contributed by atoms with Gasteiger partial charge >= 0.3 is 0 Å². The lowest BCUT2D eigenvalue weighted by Crippen LogP contribution is -2.54. The number of benzene rings is 2. The third kappa shape index (κ3) is 4.95. The molecule has 1 aliphatic rings. The zero-order valence-electron chi connectivity index (χ0n) is 18.8. The Kier molecular flexibility index (Phi) is 6.82. The van der Waals surface area contributed by atoms with Crippen molar-refractivity contribution in [1.29, 1.82) is 0 Å². The number of aromatic nitrogens is 1. The summed E-state index contributed by atoms with van der Waals surface area (Å²) in [6, 6.07) is 17.8. The number of rotatable bonds is 6. The van der Waals surface area contributed by atoms with Crippen LogP contribution in [-0.2, 0) is 11.2 Å². The van der Waals surface area contributed by atoms with Crippen LogP contribution in [-0.4, -0.2) is 41.3 Å². The lowest BCUT2D eigenvalue weighted by Gasteiger charge is -2.42. The van der Waals surface area contributed by atoms with E-state index in [4.69, 9.17) is 0 Å². The van der Waals surface area contributed by atoms with E-state index in [1.165, 1.54) is 6.07 Å². The highest BCUT2D eigenvalue weighted by atomic mass is 19.1. The minimum absolute atomic E-state index is 0.0320. The van der Waals surface area contributed by atoms with Crippen LogP contribution in [0.3, 0.4) is 0 Å². The maximum absolute atomic E-state index is 14.2. The van der Waals surface area contributed by atoms with Crippen molar-refractivity contribution >= 4 is 11.8 Å². The molecule has 5 nitrogen and oxygen atoms in total. The molecule has 1 fully saturated rings. The van der Waals surface area contributed by atoms with E-state index < -0.39 is 5.41 Å². The van der Waals surface area contributed by atoms with Gasteiger partial charge in [0.05, 0.1) is 5.41 Å². The summed E-state index contributed by atoms with van der Waals surface area (Å²) in [5.74, 6) is -0.377. The van der Waals surface area contributed by atoms with Gasteiger partial charge in [-0.2, -0.15) is 0 Å². The monoisotopic (exact) mass is 445 g/mol. The Labute approximate surface area is 193 Å². The van der Waals surface area contributed by atoms with Crippen LogP contribution in [0.1, 0.15) is 35.7 Å². The largest absolute Gasteiger partial charge is 0.356 e. The molecule has 1 unspecified atom stereocenters. The molecule has 2 heterocycles. The predicted molar refractivity (Wildman–Crippen MR) is 126 cm³/mol. The third-order valence-electron chi connectivity index (χ3n) is 6.29. The summed E-state index contributed by atoms with van der Waals surface area (Å²) in [7, 11) is 0. The van der Waals surface area contributed by atoms with Crippen molar-refractivity contribution in [2.24, 2.45) is 5.41 Å². The van der Waals surface area contributed by atoms with E-state index in [1.54, 1.807) is 41.6 Å². The van der Waals surface area contributed by atoms with E-state index in [0.29, 0.717) is 43.6 Å². The van der Waals surface area contributed by atoms with E-state index in [9.17, 15) is 14.0 Å². The molecule has 1 N–H and O–H groups in total. The maximum atomic E-state index is 14.2. The lowest BCUT2D eigenvalue weighted by molar-refractivity contribution is -0.133. The molecule has 0 radical (unpaired) electrons. The van der Waals surface area contributed by atoms with Crippen LogP contribution in [0.25, 0.3) is 11.1 Å². The van der Waals surface area contributed by atoms with Gasteiger partial charge in [-0.15, -0.1) is 0 Å². The second kappa shape index (κ2) is 9.94. The van der Waals surface area contributed by atoms with Crippen LogP contribution >= 0.6 is 0 Å². The van der Waals surface area contributed by atoms with Crippen LogP contribution in [0.2, 0.25) is 0 Å². The number of hydrogen-bond acceptors (Lipinski definition) is 3. The van der Waals surface area contributed by atoms with Crippen molar-refractivity contribution in [1.82, 2.24) is 15.2 Å². The normalized spacial score (nSPS) is 18.1. The molecule has 0 aliphatic carbocycles. The molecule has 170 valence electrons. The number of hydrogen-bond donors (Lipinski definition) is 1. The van der Waals surface area contributed by atoms with E-state index in [2.05, 4.69) is 10.3 Å². The summed E-state index contributed by atoms with van der Waals surface area (Å²) in [4.78, 5) is 32.1. The molecule has 0 bridgehead atoms. The van der Waals surface area contributed by atoms with Crippen LogP contribution in [0.4, 0.5) is 4.39 Å². The first kappa shape index (κ1) is 22.6. The maximum Gasteiger partial charge on any atom is 0.253 e. The topological polar surface area (TPSA) is 62.3 Å². The van der Waals surface area contributed by atoms with Crippen molar-refractivity contribution < 1.29 is 14.0 Å². The number of nitrogens with one attached hydrogen (secondary N) is 1. The average Bonchev–Trinajstić information content (AvgIpc) is 2.85. The Hall–Kier alpha value is -3.54. The highest BCUT2D eigenvalue weighted by Crippen LogP contribution is 2.35. The van der Waals surface area contributed by atoms with Gasteiger partial charge in [-0.05, 0) is 55.5 Å². The first-order chi connectivity index (χ1) is 16.0. The first-order valence-corrected chi connectivity index (χ1v) is 11.3. The average molecular weight is 446 g/mol. The van der Waals surface area contributed by atoms with E-state index >= 15 is 0 Å². The minimum atomic E-state index is -0.712. The Balaban J connectivity index is 1.59. The van der Waals surface area contributed by atoms with Gasteiger partial charge in [-0.25, -0.2) is 4.39 Å². The second-order valence-electron chi connectivity index (χ2n) is 8.56. The van der Waals surface area contributed by atoms with E-state index in [-0.39, 0.29) is 17.6 Å².